The molecule has 7 heteroatoms. The molecular formula is C19H21ClFN5. The Kier molecular flexibility index (Phi) is 6.07. The van der Waals surface area contributed by atoms with Crippen LogP contribution in [0.25, 0.3) is 10.9 Å². The van der Waals surface area contributed by atoms with Crippen molar-refractivity contribution in [3.05, 3.63) is 64.8 Å². The average Bonchev–Trinajstić information content (AvgIpc) is 3.03. The molecule has 0 bridgehead atoms. The molecule has 0 spiro atoms. The van der Waals surface area contributed by atoms with E-state index in [1.165, 1.54) is 6.07 Å². The molecule has 136 valence electrons. The Balaban J connectivity index is 1.60. The maximum absolute atomic E-state index is 13.5. The Morgan fingerprint density at radius 2 is 2.15 bits per heavy atom. The van der Waals surface area contributed by atoms with E-state index in [-0.39, 0.29) is 5.82 Å². The number of guanidine groups is 1. The molecule has 0 aliphatic heterocycles. The van der Waals surface area contributed by atoms with Crippen LogP contribution in [-0.4, -0.2) is 29.0 Å². The molecule has 0 fully saturated rings. The summed E-state index contributed by atoms with van der Waals surface area (Å²) < 4.78 is 13.5. The van der Waals surface area contributed by atoms with Gasteiger partial charge in [0, 0.05) is 36.4 Å². The van der Waals surface area contributed by atoms with E-state index in [1.807, 2.05) is 19.2 Å². The standard InChI is InChI=1S/C19H21ClFN5/c1-2-22-19(26-11-13-3-6-18(20)25-10-13)23-8-7-14-12-24-17-5-4-15(21)9-16(14)17/h3-6,9-10,12,24H,2,7-8,11H2,1H3,(H2,22,23,26). The fourth-order valence-corrected chi connectivity index (χ4v) is 2.80. The van der Waals surface area contributed by atoms with E-state index in [0.717, 1.165) is 41.0 Å². The Morgan fingerprint density at radius 3 is 2.92 bits per heavy atom. The highest BCUT2D eigenvalue weighted by atomic mass is 35.5. The van der Waals surface area contributed by atoms with Crippen molar-refractivity contribution in [2.75, 3.05) is 13.1 Å². The maximum Gasteiger partial charge on any atom is 0.191 e. The molecule has 0 saturated carbocycles. The number of aromatic amines is 1. The van der Waals surface area contributed by atoms with Crippen LogP contribution in [-0.2, 0) is 13.0 Å². The molecule has 0 aliphatic rings. The van der Waals surface area contributed by atoms with Gasteiger partial charge in [0.05, 0.1) is 6.54 Å². The van der Waals surface area contributed by atoms with Gasteiger partial charge in [-0.2, -0.15) is 0 Å². The summed E-state index contributed by atoms with van der Waals surface area (Å²) in [5, 5.41) is 7.91. The molecule has 0 radical (unpaired) electrons. The van der Waals surface area contributed by atoms with Gasteiger partial charge in [-0.3, -0.25) is 0 Å². The van der Waals surface area contributed by atoms with Crippen molar-refractivity contribution in [2.24, 2.45) is 4.99 Å². The van der Waals surface area contributed by atoms with Crippen molar-refractivity contribution in [2.45, 2.75) is 19.9 Å². The smallest absolute Gasteiger partial charge is 0.191 e. The minimum Gasteiger partial charge on any atom is -0.361 e. The summed E-state index contributed by atoms with van der Waals surface area (Å²) in [7, 11) is 0. The molecule has 0 atom stereocenters. The van der Waals surface area contributed by atoms with Crippen LogP contribution in [0.3, 0.4) is 0 Å². The second-order valence-electron chi connectivity index (χ2n) is 5.86. The maximum atomic E-state index is 13.5. The lowest BCUT2D eigenvalue weighted by atomic mass is 10.1. The quantitative estimate of drug-likeness (QED) is 0.351. The molecular weight excluding hydrogens is 353 g/mol. The Morgan fingerprint density at radius 1 is 1.27 bits per heavy atom. The molecule has 3 rings (SSSR count). The van der Waals surface area contributed by atoms with Gasteiger partial charge in [0.25, 0.3) is 0 Å². The highest BCUT2D eigenvalue weighted by Gasteiger charge is 2.05. The number of aromatic nitrogens is 2. The number of nitrogens with zero attached hydrogens (tertiary/aromatic N) is 2. The third kappa shape index (κ3) is 4.73. The highest BCUT2D eigenvalue weighted by molar-refractivity contribution is 6.29. The van der Waals surface area contributed by atoms with Crippen LogP contribution < -0.4 is 10.6 Å². The number of benzene rings is 1. The molecule has 5 nitrogen and oxygen atoms in total. The molecule has 1 aromatic carbocycles. The first-order chi connectivity index (χ1) is 12.7. The van der Waals surface area contributed by atoms with Crippen LogP contribution in [0.2, 0.25) is 5.15 Å². The van der Waals surface area contributed by atoms with E-state index in [4.69, 9.17) is 11.6 Å². The van der Waals surface area contributed by atoms with Gasteiger partial charge in [0.2, 0.25) is 0 Å². The predicted molar refractivity (Wildman–Crippen MR) is 104 cm³/mol. The SMILES string of the molecule is CCNC(=NCc1ccc(Cl)nc1)NCCc1c[nH]c2ccc(F)cc12. The van der Waals surface area contributed by atoms with Crippen molar-refractivity contribution in [3.8, 4) is 0 Å². The van der Waals surface area contributed by atoms with Gasteiger partial charge in [-0.25, -0.2) is 14.4 Å². The van der Waals surface area contributed by atoms with Gasteiger partial charge in [0.1, 0.15) is 11.0 Å². The largest absolute Gasteiger partial charge is 0.361 e. The number of hydrogen-bond donors (Lipinski definition) is 3. The number of hydrogen-bond acceptors (Lipinski definition) is 2. The van der Waals surface area contributed by atoms with Gasteiger partial charge >= 0.3 is 0 Å². The van der Waals surface area contributed by atoms with Crippen molar-refractivity contribution >= 4 is 28.5 Å². The van der Waals surface area contributed by atoms with Gasteiger partial charge in [0.15, 0.2) is 5.96 Å². The van der Waals surface area contributed by atoms with E-state index < -0.39 is 0 Å². The number of nitrogens with one attached hydrogen (secondary N) is 3. The summed E-state index contributed by atoms with van der Waals surface area (Å²) in [5.41, 5.74) is 3.00. The Labute approximate surface area is 156 Å². The molecule has 0 saturated heterocycles. The lowest BCUT2D eigenvalue weighted by Crippen LogP contribution is -2.38. The van der Waals surface area contributed by atoms with Crippen LogP contribution in [0.1, 0.15) is 18.1 Å². The van der Waals surface area contributed by atoms with Crippen LogP contribution in [0.15, 0.2) is 47.7 Å². The van der Waals surface area contributed by atoms with Crippen molar-refractivity contribution in [3.63, 3.8) is 0 Å². The molecule has 2 heterocycles. The van der Waals surface area contributed by atoms with E-state index in [2.05, 4.69) is 25.6 Å². The molecule has 0 amide bonds. The third-order valence-corrected chi connectivity index (χ3v) is 4.19. The van der Waals surface area contributed by atoms with Crippen LogP contribution in [0.5, 0.6) is 0 Å². The van der Waals surface area contributed by atoms with E-state index >= 15 is 0 Å². The van der Waals surface area contributed by atoms with Crippen LogP contribution in [0, 0.1) is 5.82 Å². The van der Waals surface area contributed by atoms with Crippen molar-refractivity contribution in [1.29, 1.82) is 0 Å². The zero-order valence-electron chi connectivity index (χ0n) is 14.5. The first kappa shape index (κ1) is 18.2. The number of H-pyrrole nitrogens is 1. The summed E-state index contributed by atoms with van der Waals surface area (Å²) in [6.07, 6.45) is 4.40. The van der Waals surface area contributed by atoms with Gasteiger partial charge in [-0.15, -0.1) is 0 Å². The highest BCUT2D eigenvalue weighted by Crippen LogP contribution is 2.19. The summed E-state index contributed by atoms with van der Waals surface area (Å²) >= 11 is 5.80. The third-order valence-electron chi connectivity index (χ3n) is 3.97. The van der Waals surface area contributed by atoms with E-state index in [1.54, 1.807) is 24.4 Å². The summed E-state index contributed by atoms with van der Waals surface area (Å²) in [6, 6.07) is 8.44. The van der Waals surface area contributed by atoms with Crippen LogP contribution in [0.4, 0.5) is 4.39 Å². The molecule has 2 aromatic heterocycles. The minimum atomic E-state index is -0.224. The molecule has 3 N–H and O–H groups in total. The van der Waals surface area contributed by atoms with E-state index in [9.17, 15) is 4.39 Å². The normalized spacial score (nSPS) is 11.7. The predicted octanol–water partition coefficient (Wildman–Crippen LogP) is 3.65. The zero-order chi connectivity index (χ0) is 18.4. The lowest BCUT2D eigenvalue weighted by Gasteiger charge is -2.11. The first-order valence-electron chi connectivity index (χ1n) is 8.54. The molecule has 3 aromatic rings. The zero-order valence-corrected chi connectivity index (χ0v) is 15.3. The number of halogens is 2. The van der Waals surface area contributed by atoms with Gasteiger partial charge < -0.3 is 15.6 Å². The minimum absolute atomic E-state index is 0.224. The van der Waals surface area contributed by atoms with Crippen molar-refractivity contribution < 1.29 is 4.39 Å². The van der Waals surface area contributed by atoms with E-state index in [0.29, 0.717) is 18.2 Å². The summed E-state index contributed by atoms with van der Waals surface area (Å²) in [4.78, 5) is 11.8. The lowest BCUT2D eigenvalue weighted by molar-refractivity contribution is 0.629. The second kappa shape index (κ2) is 8.67. The first-order valence-corrected chi connectivity index (χ1v) is 8.91. The summed E-state index contributed by atoms with van der Waals surface area (Å²) in [6.45, 7) is 3.98. The molecule has 0 unspecified atom stereocenters. The Bertz CT molecular complexity index is 889. The van der Waals surface area contributed by atoms with Gasteiger partial charge in [-0.05, 0) is 48.7 Å². The monoisotopic (exact) mass is 373 g/mol. The van der Waals surface area contributed by atoms with Gasteiger partial charge in [-0.1, -0.05) is 17.7 Å². The number of pyridine rings is 1. The number of aliphatic imine (C=N–C) groups is 1. The Hall–Kier alpha value is -2.60. The average molecular weight is 374 g/mol. The van der Waals surface area contributed by atoms with Crippen LogP contribution >= 0.6 is 11.6 Å². The number of rotatable bonds is 6. The topological polar surface area (TPSA) is 65.1 Å². The molecule has 26 heavy (non-hydrogen) atoms. The fraction of sp³-hybridized carbons (Fsp3) is 0.263. The number of fused-ring (bicyclic) bond motifs is 1. The summed E-state index contributed by atoms with van der Waals surface area (Å²) in [5.74, 6) is 0.506. The van der Waals surface area contributed by atoms with Crippen molar-refractivity contribution in [1.82, 2.24) is 20.6 Å². The second-order valence-corrected chi connectivity index (χ2v) is 6.25. The fourth-order valence-electron chi connectivity index (χ4n) is 2.69. The molecule has 0 aliphatic carbocycles.